The van der Waals surface area contributed by atoms with Crippen molar-refractivity contribution in [2.24, 2.45) is 5.14 Å². The van der Waals surface area contributed by atoms with Crippen LogP contribution in [0.3, 0.4) is 0 Å². The van der Waals surface area contributed by atoms with Gasteiger partial charge in [0.2, 0.25) is 0 Å². The van der Waals surface area contributed by atoms with Crippen molar-refractivity contribution in [3.05, 3.63) is 0 Å². The first-order valence-corrected chi connectivity index (χ1v) is 3.78. The van der Waals surface area contributed by atoms with Gasteiger partial charge in [-0.1, -0.05) is 6.92 Å². The molecule has 0 bridgehead atoms. The normalized spacial score (nSPS) is 9.78. The van der Waals surface area contributed by atoms with Gasteiger partial charge < -0.3 is 5.11 Å². The van der Waals surface area contributed by atoms with Crippen LogP contribution in [0.25, 0.3) is 0 Å². The maximum absolute atomic E-state index is 8.97. The fraction of sp³-hybridized carbons (Fsp3) is 1.00. The molecule has 0 saturated heterocycles. The van der Waals surface area contributed by atoms with E-state index < -0.39 is 10.3 Å². The third-order valence-corrected chi connectivity index (χ3v) is 0.224. The molecule has 6 heteroatoms. The number of aliphatic hydroxyl groups excluding tert-OH is 1. The van der Waals surface area contributed by atoms with Gasteiger partial charge in [-0.3, -0.25) is 4.55 Å². The van der Waals surface area contributed by atoms with Gasteiger partial charge in [-0.2, -0.15) is 8.42 Å². The lowest BCUT2D eigenvalue weighted by molar-refractivity contribution is 0.295. The Labute approximate surface area is 54.4 Å². The summed E-state index contributed by atoms with van der Waals surface area (Å²) >= 11 is 0. The summed E-state index contributed by atoms with van der Waals surface area (Å²) in [4.78, 5) is 0. The molecule has 9 heavy (non-hydrogen) atoms. The molecule has 0 unspecified atom stereocenters. The highest BCUT2D eigenvalue weighted by Gasteiger charge is 1.81. The Morgan fingerprint density at radius 3 is 1.67 bits per heavy atom. The number of rotatable bonds is 1. The fourth-order valence-corrected chi connectivity index (χ4v) is 0. The molecule has 0 spiro atoms. The molecule has 0 atom stereocenters. The third kappa shape index (κ3) is 386. The average molecular weight is 157 g/mol. The van der Waals surface area contributed by atoms with Crippen LogP contribution in [0, 0.1) is 0 Å². The topological polar surface area (TPSA) is 101 Å². The number of hydrogen-bond acceptors (Lipinski definition) is 3. The van der Waals surface area contributed by atoms with Crippen LogP contribution in [0.15, 0.2) is 0 Å². The zero-order valence-electron chi connectivity index (χ0n) is 5.11. The van der Waals surface area contributed by atoms with Crippen molar-refractivity contribution < 1.29 is 18.1 Å². The average Bonchev–Trinajstić information content (AvgIpc) is 1.61. The zero-order valence-corrected chi connectivity index (χ0v) is 5.93. The standard InChI is InChI=1S/C3H8O.H3NO3S/c1-2-3-4;1-5(2,3)4/h4H,2-3H2,1H3;(H3,1,2,3,4). The lowest BCUT2D eigenvalue weighted by atomic mass is 10.5. The second-order valence-electron chi connectivity index (χ2n) is 1.24. The van der Waals surface area contributed by atoms with Crippen LogP contribution in [-0.4, -0.2) is 24.7 Å². The molecule has 58 valence electrons. The SMILES string of the molecule is CCCO.NS(=O)(=O)O. The molecular weight excluding hydrogens is 146 g/mol. The number of aliphatic hydroxyl groups is 1. The predicted octanol–water partition coefficient (Wildman–Crippen LogP) is -0.863. The van der Waals surface area contributed by atoms with E-state index in [1.165, 1.54) is 0 Å². The van der Waals surface area contributed by atoms with Gasteiger partial charge in [-0.15, -0.1) is 0 Å². The van der Waals surface area contributed by atoms with Gasteiger partial charge in [0.25, 0.3) is 0 Å². The predicted molar refractivity (Wildman–Crippen MR) is 33.1 cm³/mol. The van der Waals surface area contributed by atoms with Crippen LogP contribution in [0.4, 0.5) is 0 Å². The summed E-state index contributed by atoms with van der Waals surface area (Å²) in [7, 11) is -4.17. The molecule has 0 fully saturated rings. The minimum Gasteiger partial charge on any atom is -0.396 e. The van der Waals surface area contributed by atoms with E-state index >= 15 is 0 Å². The molecular formula is C3H11NO4S. The van der Waals surface area contributed by atoms with Crippen molar-refractivity contribution in [1.29, 1.82) is 0 Å². The van der Waals surface area contributed by atoms with E-state index in [0.717, 1.165) is 6.42 Å². The monoisotopic (exact) mass is 157 g/mol. The van der Waals surface area contributed by atoms with Crippen LogP contribution < -0.4 is 5.14 Å². The van der Waals surface area contributed by atoms with Crippen molar-refractivity contribution >= 4 is 10.3 Å². The molecule has 4 N–H and O–H groups in total. The van der Waals surface area contributed by atoms with Gasteiger partial charge in [-0.05, 0) is 6.42 Å². The lowest BCUT2D eigenvalue weighted by Crippen LogP contribution is -2.08. The van der Waals surface area contributed by atoms with Gasteiger partial charge in [0.15, 0.2) is 0 Å². The fourth-order valence-electron chi connectivity index (χ4n) is 0. The molecule has 0 rings (SSSR count). The first kappa shape index (κ1) is 11.6. The Hall–Kier alpha value is -0.170. The molecule has 0 aliphatic heterocycles. The van der Waals surface area contributed by atoms with Crippen LogP contribution in [-0.2, 0) is 10.3 Å². The summed E-state index contributed by atoms with van der Waals surface area (Å²) in [5.74, 6) is 0. The smallest absolute Gasteiger partial charge is 0.330 e. The van der Waals surface area contributed by atoms with Gasteiger partial charge in [-0.25, -0.2) is 5.14 Å². The molecule has 0 amide bonds. The Bertz CT molecular complexity index is 119. The van der Waals surface area contributed by atoms with Gasteiger partial charge in [0.05, 0.1) is 0 Å². The second kappa shape index (κ2) is 5.96. The van der Waals surface area contributed by atoms with Crippen LogP contribution in [0.2, 0.25) is 0 Å². The van der Waals surface area contributed by atoms with E-state index in [0.29, 0.717) is 6.61 Å². The molecule has 0 aliphatic carbocycles. The van der Waals surface area contributed by atoms with Crippen molar-refractivity contribution in [2.45, 2.75) is 13.3 Å². The highest BCUT2D eigenvalue weighted by atomic mass is 32.2. The quantitative estimate of drug-likeness (QED) is 0.431. The maximum Gasteiger partial charge on any atom is 0.330 e. The van der Waals surface area contributed by atoms with E-state index in [-0.39, 0.29) is 0 Å². The number of hydrogen-bond donors (Lipinski definition) is 3. The Morgan fingerprint density at radius 1 is 1.56 bits per heavy atom. The summed E-state index contributed by atoms with van der Waals surface area (Å²) in [5, 5.41) is 11.8. The minimum atomic E-state index is -4.17. The van der Waals surface area contributed by atoms with Gasteiger partial charge in [0, 0.05) is 6.61 Å². The van der Waals surface area contributed by atoms with Gasteiger partial charge >= 0.3 is 10.3 Å². The molecule has 0 aromatic rings. The molecule has 0 radical (unpaired) electrons. The van der Waals surface area contributed by atoms with Crippen molar-refractivity contribution in [3.63, 3.8) is 0 Å². The van der Waals surface area contributed by atoms with Crippen molar-refractivity contribution in [1.82, 2.24) is 0 Å². The third-order valence-electron chi connectivity index (χ3n) is 0.224. The summed E-state index contributed by atoms with van der Waals surface area (Å²) in [6.07, 6.45) is 0.875. The Kier molecular flexibility index (Phi) is 7.68. The zero-order chi connectivity index (χ0) is 7.91. The van der Waals surface area contributed by atoms with Crippen LogP contribution in [0.1, 0.15) is 13.3 Å². The first-order valence-electron chi connectivity index (χ1n) is 2.27. The highest BCUT2D eigenvalue weighted by molar-refractivity contribution is 7.83. The Balaban J connectivity index is 0. The van der Waals surface area contributed by atoms with Crippen molar-refractivity contribution in [3.8, 4) is 0 Å². The van der Waals surface area contributed by atoms with Crippen LogP contribution in [0.5, 0.6) is 0 Å². The van der Waals surface area contributed by atoms with Gasteiger partial charge in [0.1, 0.15) is 0 Å². The van der Waals surface area contributed by atoms with E-state index in [1.807, 2.05) is 6.92 Å². The van der Waals surface area contributed by atoms with Crippen molar-refractivity contribution in [2.75, 3.05) is 6.61 Å². The summed E-state index contributed by atoms with van der Waals surface area (Å²) in [6.45, 7) is 2.25. The summed E-state index contributed by atoms with van der Waals surface area (Å²) in [6, 6.07) is 0. The highest BCUT2D eigenvalue weighted by Crippen LogP contribution is 1.61. The molecule has 0 heterocycles. The molecule has 0 aliphatic rings. The van der Waals surface area contributed by atoms with E-state index in [1.54, 1.807) is 0 Å². The van der Waals surface area contributed by atoms with Crippen LogP contribution >= 0.6 is 0 Å². The number of nitrogens with two attached hydrogens (primary N) is 1. The molecule has 5 nitrogen and oxygen atoms in total. The summed E-state index contributed by atoms with van der Waals surface area (Å²) < 4.78 is 25.2. The van der Waals surface area contributed by atoms with E-state index in [9.17, 15) is 0 Å². The second-order valence-corrected chi connectivity index (χ2v) is 2.27. The molecule has 0 aromatic heterocycles. The molecule has 0 saturated carbocycles. The van der Waals surface area contributed by atoms with E-state index in [4.69, 9.17) is 18.1 Å². The first-order chi connectivity index (χ1) is 3.91. The largest absolute Gasteiger partial charge is 0.396 e. The lowest BCUT2D eigenvalue weighted by Gasteiger charge is -1.70. The Morgan fingerprint density at radius 2 is 1.67 bits per heavy atom. The maximum atomic E-state index is 8.97. The molecule has 0 aromatic carbocycles. The van der Waals surface area contributed by atoms with E-state index in [2.05, 4.69) is 5.14 Å². The summed E-state index contributed by atoms with van der Waals surface area (Å²) in [5.41, 5.74) is 0. The minimum absolute atomic E-state index is 0.319.